The molecule has 2 aliphatic heterocycles. The van der Waals surface area contributed by atoms with E-state index in [-0.39, 0.29) is 12.2 Å². The lowest BCUT2D eigenvalue weighted by molar-refractivity contribution is -0.360. The number of hydrogen-bond donors (Lipinski definition) is 0. The maximum Gasteiger partial charge on any atom is 0.283 e. The molecule has 2 aliphatic rings. The number of hydrogen-bond acceptors (Lipinski definition) is 3. The highest BCUT2D eigenvalue weighted by Crippen LogP contribution is 2.38. The Morgan fingerprint density at radius 3 is 2.23 bits per heavy atom. The largest absolute Gasteiger partial charge is 0.327 e. The fraction of sp³-hybridized carbons (Fsp3) is 1.00. The van der Waals surface area contributed by atoms with Gasteiger partial charge in [0.1, 0.15) is 0 Å². The van der Waals surface area contributed by atoms with Crippen LogP contribution in [0.3, 0.4) is 0 Å². The topological polar surface area (TPSA) is 27.7 Å². The van der Waals surface area contributed by atoms with Crippen molar-refractivity contribution in [3.8, 4) is 0 Å². The van der Waals surface area contributed by atoms with Crippen molar-refractivity contribution in [2.75, 3.05) is 6.61 Å². The van der Waals surface area contributed by atoms with Gasteiger partial charge in [-0.25, -0.2) is 0 Å². The second kappa shape index (κ2) is 3.23. The maximum absolute atomic E-state index is 5.73. The molecule has 2 heterocycles. The van der Waals surface area contributed by atoms with Crippen LogP contribution < -0.4 is 0 Å². The molecule has 2 rings (SSSR count). The van der Waals surface area contributed by atoms with Crippen molar-refractivity contribution < 1.29 is 14.2 Å². The average Bonchev–Trinajstić information content (AvgIpc) is 2.26. The lowest BCUT2D eigenvalue weighted by Gasteiger charge is -2.34. The second-order valence-electron chi connectivity index (χ2n) is 4.28. The van der Waals surface area contributed by atoms with Crippen molar-refractivity contribution in [1.82, 2.24) is 0 Å². The van der Waals surface area contributed by atoms with E-state index in [1.165, 1.54) is 0 Å². The fourth-order valence-corrected chi connectivity index (χ4v) is 1.95. The van der Waals surface area contributed by atoms with Gasteiger partial charge in [0.05, 0.1) is 18.8 Å². The Morgan fingerprint density at radius 1 is 1.08 bits per heavy atom. The van der Waals surface area contributed by atoms with Gasteiger partial charge in [-0.15, -0.1) is 0 Å². The van der Waals surface area contributed by atoms with Gasteiger partial charge in [-0.2, -0.15) is 0 Å². The Kier molecular flexibility index (Phi) is 2.34. The molecule has 0 radical (unpaired) electrons. The highest BCUT2D eigenvalue weighted by Gasteiger charge is 2.47. The number of rotatable bonds is 0. The minimum Gasteiger partial charge on any atom is -0.327 e. The van der Waals surface area contributed by atoms with Crippen LogP contribution in [-0.4, -0.2) is 24.8 Å². The Hall–Kier alpha value is -0.120. The molecule has 13 heavy (non-hydrogen) atoms. The zero-order chi connectivity index (χ0) is 9.47. The van der Waals surface area contributed by atoms with Crippen LogP contribution in [0.5, 0.6) is 0 Å². The van der Waals surface area contributed by atoms with Crippen LogP contribution in [0.4, 0.5) is 0 Å². The van der Waals surface area contributed by atoms with Gasteiger partial charge in [0.15, 0.2) is 0 Å². The van der Waals surface area contributed by atoms with E-state index in [9.17, 15) is 0 Å². The molecule has 1 spiro atoms. The first-order chi connectivity index (χ1) is 6.11. The van der Waals surface area contributed by atoms with Gasteiger partial charge in [-0.05, 0) is 26.2 Å². The summed E-state index contributed by atoms with van der Waals surface area (Å²) in [6.07, 6.45) is 2.26. The summed E-state index contributed by atoms with van der Waals surface area (Å²) in [6, 6.07) is 0. The van der Waals surface area contributed by atoms with Gasteiger partial charge in [-0.3, -0.25) is 0 Å². The normalized spacial score (nSPS) is 44.1. The zero-order valence-corrected chi connectivity index (χ0v) is 8.58. The van der Waals surface area contributed by atoms with Crippen molar-refractivity contribution in [2.24, 2.45) is 5.92 Å². The molecular weight excluding hydrogens is 168 g/mol. The van der Waals surface area contributed by atoms with Crippen LogP contribution in [0.25, 0.3) is 0 Å². The smallest absolute Gasteiger partial charge is 0.283 e. The van der Waals surface area contributed by atoms with E-state index in [4.69, 9.17) is 14.2 Å². The van der Waals surface area contributed by atoms with Crippen molar-refractivity contribution in [3.63, 3.8) is 0 Å². The van der Waals surface area contributed by atoms with Crippen molar-refractivity contribution >= 4 is 0 Å². The second-order valence-corrected chi connectivity index (χ2v) is 4.28. The molecule has 3 atom stereocenters. The summed E-state index contributed by atoms with van der Waals surface area (Å²) >= 11 is 0. The third-order valence-corrected chi connectivity index (χ3v) is 2.92. The highest BCUT2D eigenvalue weighted by molar-refractivity contribution is 4.79. The van der Waals surface area contributed by atoms with Crippen LogP contribution in [0, 0.1) is 5.92 Å². The quantitative estimate of drug-likeness (QED) is 0.578. The highest BCUT2D eigenvalue weighted by atomic mass is 16.9. The molecule has 1 unspecified atom stereocenters. The Morgan fingerprint density at radius 2 is 1.69 bits per heavy atom. The minimum absolute atomic E-state index is 0.144. The molecule has 0 aliphatic carbocycles. The molecule has 0 aromatic rings. The first kappa shape index (κ1) is 9.44. The summed E-state index contributed by atoms with van der Waals surface area (Å²) in [5.41, 5.74) is 0. The van der Waals surface area contributed by atoms with Crippen LogP contribution in [0.2, 0.25) is 0 Å². The Bertz CT molecular complexity index is 177. The summed E-state index contributed by atoms with van der Waals surface area (Å²) in [5.74, 6) is -0.0810. The Labute approximate surface area is 79.4 Å². The van der Waals surface area contributed by atoms with Crippen LogP contribution in [-0.2, 0) is 14.2 Å². The minimum atomic E-state index is -0.712. The van der Waals surface area contributed by atoms with Gasteiger partial charge in [-0.1, -0.05) is 6.92 Å². The molecule has 3 heteroatoms. The first-order valence-corrected chi connectivity index (χ1v) is 5.11. The summed E-state index contributed by atoms with van der Waals surface area (Å²) in [7, 11) is 0. The summed E-state index contributed by atoms with van der Waals surface area (Å²) < 4.78 is 17.0. The fourth-order valence-electron chi connectivity index (χ4n) is 1.95. The zero-order valence-electron chi connectivity index (χ0n) is 8.58. The molecule has 3 nitrogen and oxygen atoms in total. The van der Waals surface area contributed by atoms with Crippen LogP contribution in [0.15, 0.2) is 0 Å². The van der Waals surface area contributed by atoms with E-state index in [2.05, 4.69) is 6.92 Å². The van der Waals surface area contributed by atoms with Crippen molar-refractivity contribution in [2.45, 2.75) is 51.8 Å². The lowest BCUT2D eigenvalue weighted by atomic mass is 10.0. The monoisotopic (exact) mass is 186 g/mol. The molecule has 0 bridgehead atoms. The molecule has 0 saturated carbocycles. The van der Waals surface area contributed by atoms with Gasteiger partial charge < -0.3 is 14.2 Å². The molecule has 2 saturated heterocycles. The molecule has 2 fully saturated rings. The number of ether oxygens (including phenoxy) is 3. The van der Waals surface area contributed by atoms with Gasteiger partial charge in [0.25, 0.3) is 5.97 Å². The van der Waals surface area contributed by atoms with Gasteiger partial charge in [0, 0.05) is 6.42 Å². The third kappa shape index (κ3) is 1.73. The predicted octanol–water partition coefficient (Wildman–Crippen LogP) is 1.91. The molecular formula is C10H18O3. The predicted molar refractivity (Wildman–Crippen MR) is 48.2 cm³/mol. The van der Waals surface area contributed by atoms with E-state index in [1.54, 1.807) is 0 Å². The molecule has 0 N–H and O–H groups in total. The van der Waals surface area contributed by atoms with Gasteiger partial charge >= 0.3 is 0 Å². The van der Waals surface area contributed by atoms with Crippen molar-refractivity contribution in [1.29, 1.82) is 0 Å². The van der Waals surface area contributed by atoms with Gasteiger partial charge in [0.2, 0.25) is 0 Å². The molecule has 0 aromatic heterocycles. The summed E-state index contributed by atoms with van der Waals surface area (Å²) in [5, 5.41) is 0. The SMILES string of the molecule is CC1CCOC2(C1)O[C@H](C)[C@@H](C)O2. The Balaban J connectivity index is 2.04. The molecule has 76 valence electrons. The van der Waals surface area contributed by atoms with E-state index < -0.39 is 5.97 Å². The van der Waals surface area contributed by atoms with Crippen LogP contribution in [0.1, 0.15) is 33.6 Å². The van der Waals surface area contributed by atoms with Crippen molar-refractivity contribution in [3.05, 3.63) is 0 Å². The third-order valence-electron chi connectivity index (χ3n) is 2.92. The lowest BCUT2D eigenvalue weighted by Crippen LogP contribution is -2.40. The molecule has 0 aromatic carbocycles. The average molecular weight is 186 g/mol. The van der Waals surface area contributed by atoms with E-state index in [0.717, 1.165) is 19.4 Å². The standard InChI is InChI=1S/C10H18O3/c1-7-4-5-11-10(6-7)12-8(2)9(3)13-10/h7-9H,4-6H2,1-3H3/t7?,8-,9-/m1/s1. The van der Waals surface area contributed by atoms with E-state index >= 15 is 0 Å². The molecule has 0 amide bonds. The summed E-state index contributed by atoms with van der Waals surface area (Å²) in [6.45, 7) is 7.02. The first-order valence-electron chi connectivity index (χ1n) is 5.11. The van der Waals surface area contributed by atoms with E-state index in [0.29, 0.717) is 5.92 Å². The van der Waals surface area contributed by atoms with E-state index in [1.807, 2.05) is 13.8 Å². The maximum atomic E-state index is 5.73. The van der Waals surface area contributed by atoms with Crippen LogP contribution >= 0.6 is 0 Å². The summed E-state index contributed by atoms with van der Waals surface area (Å²) in [4.78, 5) is 0.